The summed E-state index contributed by atoms with van der Waals surface area (Å²) in [4.78, 5) is 25.9. The van der Waals surface area contributed by atoms with E-state index in [1.807, 2.05) is 44.2 Å². The number of anilines is 2. The summed E-state index contributed by atoms with van der Waals surface area (Å²) in [6.45, 7) is 3.69. The molecule has 37 heavy (non-hydrogen) atoms. The smallest absolute Gasteiger partial charge is 0.234 e. The molecule has 0 saturated carbocycles. The number of nitrogen functional groups attached to an aromatic ring is 1. The zero-order chi connectivity index (χ0) is 26.4. The maximum atomic E-state index is 14.0. The van der Waals surface area contributed by atoms with E-state index in [1.165, 1.54) is 24.6 Å². The van der Waals surface area contributed by atoms with Gasteiger partial charge >= 0.3 is 0 Å². The maximum Gasteiger partial charge on any atom is 0.234 e. The monoisotopic (exact) mass is 499 g/mol. The molecule has 0 bridgehead atoms. The Hall–Kier alpha value is -4.86. The molecule has 0 spiro atoms. The molecule has 188 valence electrons. The number of nitrogens with one attached hydrogen (secondary N) is 1. The Labute approximate surface area is 213 Å². The van der Waals surface area contributed by atoms with E-state index in [1.54, 1.807) is 24.3 Å². The van der Waals surface area contributed by atoms with Crippen molar-refractivity contribution in [2.45, 2.75) is 25.8 Å². The van der Waals surface area contributed by atoms with Gasteiger partial charge in [0.2, 0.25) is 5.91 Å². The van der Waals surface area contributed by atoms with Crippen LogP contribution in [0.4, 0.5) is 15.9 Å². The molecule has 0 atom stereocenters. The van der Waals surface area contributed by atoms with E-state index in [0.717, 1.165) is 5.56 Å². The van der Waals surface area contributed by atoms with Crippen molar-refractivity contribution >= 4 is 28.8 Å². The quantitative estimate of drug-likeness (QED) is 0.310. The molecule has 4 rings (SSSR count). The Kier molecular flexibility index (Phi) is 7.38. The second-order valence-electron chi connectivity index (χ2n) is 8.71. The Morgan fingerprint density at radius 3 is 2.54 bits per heavy atom. The van der Waals surface area contributed by atoms with Crippen molar-refractivity contribution in [2.24, 2.45) is 10.7 Å². The predicted octanol–water partition coefficient (Wildman–Crippen LogP) is 4.09. The minimum Gasteiger partial charge on any atom is -0.396 e. The summed E-state index contributed by atoms with van der Waals surface area (Å²) in [7, 11) is 0. The summed E-state index contributed by atoms with van der Waals surface area (Å²) < 4.78 is 19.0. The van der Waals surface area contributed by atoms with Gasteiger partial charge in [0.15, 0.2) is 11.6 Å². The fraction of sp³-hybridized carbons (Fsp3) is 0.148. The third-order valence-electron chi connectivity index (χ3n) is 5.76. The van der Waals surface area contributed by atoms with Crippen molar-refractivity contribution in [3.05, 3.63) is 108 Å². The number of allylic oxidation sites excluding steroid dienone is 1. The number of amides is 1. The van der Waals surface area contributed by atoms with Crippen LogP contribution in [0.15, 0.2) is 88.7 Å². The molecular formula is C27H26FN7O2. The number of carbonyl (C=O) groups is 1. The molecule has 0 fully saturated rings. The van der Waals surface area contributed by atoms with Gasteiger partial charge in [0, 0.05) is 11.6 Å². The largest absolute Gasteiger partial charge is 0.396 e. The third kappa shape index (κ3) is 5.87. The lowest BCUT2D eigenvalue weighted by Gasteiger charge is -2.24. The van der Waals surface area contributed by atoms with E-state index in [9.17, 15) is 9.18 Å². The number of aliphatic imine (C=N–C) groups is 1. The molecule has 2 heterocycles. The van der Waals surface area contributed by atoms with E-state index in [-0.39, 0.29) is 41.3 Å². The van der Waals surface area contributed by atoms with Gasteiger partial charge in [-0.3, -0.25) is 9.79 Å². The number of hydrogen-bond acceptors (Lipinski definition) is 8. The van der Waals surface area contributed by atoms with Crippen molar-refractivity contribution in [1.82, 2.24) is 15.1 Å². The number of carbonyl (C=O) groups excluding carboxylic acids is 1. The second-order valence-corrected chi connectivity index (χ2v) is 8.71. The van der Waals surface area contributed by atoms with Crippen LogP contribution < -0.4 is 16.8 Å². The summed E-state index contributed by atoms with van der Waals surface area (Å²) >= 11 is 0. The number of hydrogen-bond donors (Lipinski definition) is 3. The first-order valence-corrected chi connectivity index (χ1v) is 11.4. The zero-order valence-electron chi connectivity index (χ0n) is 20.4. The van der Waals surface area contributed by atoms with Crippen LogP contribution in [0.5, 0.6) is 0 Å². The van der Waals surface area contributed by atoms with Gasteiger partial charge in [-0.2, -0.15) is 0 Å². The van der Waals surface area contributed by atoms with Crippen LogP contribution in [0, 0.1) is 5.82 Å². The molecule has 2 aromatic heterocycles. The lowest BCUT2D eigenvalue weighted by atomic mass is 9.84. The summed E-state index contributed by atoms with van der Waals surface area (Å²) in [5.74, 6) is -0.463. The van der Waals surface area contributed by atoms with Gasteiger partial charge in [0.05, 0.1) is 29.6 Å². The average molecular weight is 500 g/mol. The van der Waals surface area contributed by atoms with Crippen LogP contribution >= 0.6 is 0 Å². The Balaban J connectivity index is 1.56. The van der Waals surface area contributed by atoms with Gasteiger partial charge in [0.1, 0.15) is 23.5 Å². The van der Waals surface area contributed by atoms with Crippen molar-refractivity contribution in [3.8, 4) is 0 Å². The molecule has 0 aliphatic carbocycles. The lowest BCUT2D eigenvalue weighted by Crippen LogP contribution is -2.35. The fourth-order valence-electron chi connectivity index (χ4n) is 3.45. The summed E-state index contributed by atoms with van der Waals surface area (Å²) in [6.07, 6.45) is 4.29. The minimum atomic E-state index is -0.813. The molecule has 0 aliphatic heterocycles. The Morgan fingerprint density at radius 1 is 1.14 bits per heavy atom. The number of halogens is 1. The van der Waals surface area contributed by atoms with Crippen LogP contribution in [0.25, 0.3) is 5.70 Å². The van der Waals surface area contributed by atoms with E-state index in [0.29, 0.717) is 17.0 Å². The molecule has 10 heteroatoms. The molecule has 0 radical (unpaired) electrons. The first-order chi connectivity index (χ1) is 17.8. The summed E-state index contributed by atoms with van der Waals surface area (Å²) in [5, 5.41) is 6.69. The van der Waals surface area contributed by atoms with E-state index in [2.05, 4.69) is 25.4 Å². The lowest BCUT2D eigenvalue weighted by molar-refractivity contribution is -0.120. The molecule has 5 N–H and O–H groups in total. The number of rotatable bonds is 8. The average Bonchev–Trinajstić information content (AvgIpc) is 3.44. The van der Waals surface area contributed by atoms with Crippen LogP contribution in [-0.4, -0.2) is 26.7 Å². The standard InChI is InChI=1S/C27H26FN7O2/c1-27(2,18-9-4-3-5-10-18)26(36)33-23-16-32-25(34-24(23)30)20(29)14-22(21-12-13-37-35-21)31-15-17-8-6-7-11-19(17)28/h3-14,16H,15,29H2,1-2H3,(H,33,36)(H2,30,32,34). The number of nitrogens with two attached hydrogens (primary N) is 2. The zero-order valence-corrected chi connectivity index (χ0v) is 20.4. The Morgan fingerprint density at radius 2 is 1.86 bits per heavy atom. The molecule has 9 nitrogen and oxygen atoms in total. The second kappa shape index (κ2) is 10.8. The van der Waals surface area contributed by atoms with Gasteiger partial charge in [-0.15, -0.1) is 0 Å². The highest BCUT2D eigenvalue weighted by Crippen LogP contribution is 2.26. The predicted molar refractivity (Wildman–Crippen MR) is 140 cm³/mol. The number of benzene rings is 2. The van der Waals surface area contributed by atoms with Crippen molar-refractivity contribution in [3.63, 3.8) is 0 Å². The van der Waals surface area contributed by atoms with E-state index < -0.39 is 5.41 Å². The molecule has 1 amide bonds. The van der Waals surface area contributed by atoms with Crippen LogP contribution in [-0.2, 0) is 16.8 Å². The first kappa shape index (κ1) is 25.2. The summed E-state index contributed by atoms with van der Waals surface area (Å²) in [6, 6.07) is 17.3. The highest BCUT2D eigenvalue weighted by Gasteiger charge is 2.30. The minimum absolute atomic E-state index is 0.0462. The van der Waals surface area contributed by atoms with Gasteiger partial charge < -0.3 is 21.3 Å². The van der Waals surface area contributed by atoms with Crippen LogP contribution in [0.2, 0.25) is 0 Å². The molecule has 0 aliphatic rings. The summed E-state index contributed by atoms with van der Waals surface area (Å²) in [5.41, 5.74) is 14.0. The maximum absolute atomic E-state index is 14.0. The molecule has 2 aromatic carbocycles. The van der Waals surface area contributed by atoms with Crippen molar-refractivity contribution < 1.29 is 13.7 Å². The number of aromatic nitrogens is 3. The van der Waals surface area contributed by atoms with Gasteiger partial charge in [-0.1, -0.05) is 53.7 Å². The third-order valence-corrected chi connectivity index (χ3v) is 5.76. The Bertz CT molecular complexity index is 1450. The van der Waals surface area contributed by atoms with Gasteiger partial charge in [-0.05, 0) is 31.6 Å². The fourth-order valence-corrected chi connectivity index (χ4v) is 3.45. The van der Waals surface area contributed by atoms with Crippen LogP contribution in [0.3, 0.4) is 0 Å². The van der Waals surface area contributed by atoms with Crippen molar-refractivity contribution in [1.29, 1.82) is 0 Å². The molecule has 0 unspecified atom stereocenters. The van der Waals surface area contributed by atoms with Crippen molar-refractivity contribution in [2.75, 3.05) is 11.1 Å². The highest BCUT2D eigenvalue weighted by molar-refractivity contribution is 6.10. The first-order valence-electron chi connectivity index (χ1n) is 11.4. The highest BCUT2D eigenvalue weighted by atomic mass is 19.1. The number of nitrogens with zero attached hydrogens (tertiary/aromatic N) is 4. The van der Waals surface area contributed by atoms with E-state index >= 15 is 0 Å². The topological polar surface area (TPSA) is 145 Å². The SMILES string of the molecule is CC(C)(C(=O)Nc1cnc(C(N)=CC(=NCc2ccccc2F)c2ccon2)nc1N)c1ccccc1. The normalized spacial score (nSPS) is 12.4. The van der Waals surface area contributed by atoms with Crippen LogP contribution in [0.1, 0.15) is 36.5 Å². The molecular weight excluding hydrogens is 473 g/mol. The molecule has 0 saturated heterocycles. The van der Waals surface area contributed by atoms with Gasteiger partial charge in [0.25, 0.3) is 0 Å². The van der Waals surface area contributed by atoms with E-state index in [4.69, 9.17) is 16.0 Å². The van der Waals surface area contributed by atoms with Gasteiger partial charge in [-0.25, -0.2) is 14.4 Å². The molecule has 4 aromatic rings.